The van der Waals surface area contributed by atoms with Gasteiger partial charge in [0.05, 0.1) is 11.2 Å². The molecule has 4 N–H and O–H groups in total. The number of halogens is 1. The van der Waals surface area contributed by atoms with Crippen LogP contribution in [0.3, 0.4) is 0 Å². The highest BCUT2D eigenvalue weighted by molar-refractivity contribution is 6.32. The summed E-state index contributed by atoms with van der Waals surface area (Å²) < 4.78 is 0. The number of hydrogen-bond donors (Lipinski definition) is 3. The number of nitrogens with two attached hydrogens (primary N) is 1. The first-order valence-corrected chi connectivity index (χ1v) is 10.1. The first-order chi connectivity index (χ1) is 12.6. The summed E-state index contributed by atoms with van der Waals surface area (Å²) in [6.45, 7) is 2.19. The van der Waals surface area contributed by atoms with Gasteiger partial charge in [0.1, 0.15) is 5.69 Å². The third kappa shape index (κ3) is 3.55. The standard InChI is InChI=1S/C20H27ClN4O/c21-15-8-14-9-18(20(26)25-7-3-4-13(11-22)12-25)24-19(14)17(10-15)23-16-5-1-2-6-16/h8-10,13,16,23-24H,1-7,11-12,22H2. The number of H-pyrrole nitrogens is 1. The topological polar surface area (TPSA) is 74.2 Å². The van der Waals surface area contributed by atoms with Crippen LogP contribution in [0.4, 0.5) is 5.69 Å². The van der Waals surface area contributed by atoms with Gasteiger partial charge in [-0.1, -0.05) is 24.4 Å². The summed E-state index contributed by atoms with van der Waals surface area (Å²) >= 11 is 6.32. The summed E-state index contributed by atoms with van der Waals surface area (Å²) in [6, 6.07) is 6.29. The number of anilines is 1. The van der Waals surface area contributed by atoms with Gasteiger partial charge in [0.25, 0.3) is 5.91 Å². The number of fused-ring (bicyclic) bond motifs is 1. The van der Waals surface area contributed by atoms with Crippen molar-refractivity contribution < 1.29 is 4.79 Å². The molecule has 0 radical (unpaired) electrons. The maximum absolute atomic E-state index is 13.0. The zero-order valence-electron chi connectivity index (χ0n) is 15.1. The van der Waals surface area contributed by atoms with Gasteiger partial charge in [-0.05, 0) is 56.3 Å². The maximum atomic E-state index is 13.0. The van der Waals surface area contributed by atoms with Crippen molar-refractivity contribution in [3.05, 3.63) is 28.9 Å². The number of aromatic nitrogens is 1. The molecule has 5 nitrogen and oxygen atoms in total. The van der Waals surface area contributed by atoms with Crippen molar-refractivity contribution in [3.63, 3.8) is 0 Å². The Morgan fingerprint density at radius 1 is 1.23 bits per heavy atom. The Labute approximate surface area is 159 Å². The van der Waals surface area contributed by atoms with Gasteiger partial charge in [-0.25, -0.2) is 0 Å². The van der Waals surface area contributed by atoms with Crippen molar-refractivity contribution in [3.8, 4) is 0 Å². The Morgan fingerprint density at radius 3 is 2.81 bits per heavy atom. The SMILES string of the molecule is NCC1CCCN(C(=O)c2cc3cc(Cl)cc(NC4CCCC4)c3[nH]2)C1. The Balaban J connectivity index is 1.61. The Kier molecular flexibility index (Phi) is 5.09. The summed E-state index contributed by atoms with van der Waals surface area (Å²) in [5.74, 6) is 0.466. The van der Waals surface area contributed by atoms with E-state index in [0.717, 1.165) is 42.5 Å². The number of nitrogens with zero attached hydrogens (tertiary/aromatic N) is 1. The highest BCUT2D eigenvalue weighted by Crippen LogP contribution is 2.32. The molecule has 1 aromatic carbocycles. The second-order valence-electron chi connectivity index (χ2n) is 7.72. The van der Waals surface area contributed by atoms with E-state index in [0.29, 0.717) is 29.2 Å². The molecule has 1 saturated heterocycles. The Bertz CT molecular complexity index is 796. The molecule has 1 saturated carbocycles. The normalized spacial score (nSPS) is 21.5. The number of amides is 1. The molecule has 1 aliphatic heterocycles. The largest absolute Gasteiger partial charge is 0.381 e. The number of carbonyl (C=O) groups excluding carboxylic acids is 1. The van der Waals surface area contributed by atoms with E-state index in [9.17, 15) is 4.79 Å². The van der Waals surface area contributed by atoms with Crippen LogP contribution in [-0.4, -0.2) is 41.5 Å². The van der Waals surface area contributed by atoms with Crippen molar-refractivity contribution in [1.82, 2.24) is 9.88 Å². The third-order valence-corrected chi connectivity index (χ3v) is 6.00. The molecule has 1 aliphatic carbocycles. The second-order valence-corrected chi connectivity index (χ2v) is 8.16. The molecule has 2 fully saturated rings. The lowest BCUT2D eigenvalue weighted by Crippen LogP contribution is -2.42. The van der Waals surface area contributed by atoms with Crippen molar-refractivity contribution in [1.29, 1.82) is 0 Å². The number of piperidine rings is 1. The van der Waals surface area contributed by atoms with Crippen LogP contribution in [0.15, 0.2) is 18.2 Å². The monoisotopic (exact) mass is 374 g/mol. The van der Waals surface area contributed by atoms with E-state index in [2.05, 4.69) is 10.3 Å². The van der Waals surface area contributed by atoms with Gasteiger partial charge in [0.2, 0.25) is 0 Å². The summed E-state index contributed by atoms with van der Waals surface area (Å²) in [7, 11) is 0. The van der Waals surface area contributed by atoms with Crippen molar-refractivity contribution in [2.24, 2.45) is 11.7 Å². The van der Waals surface area contributed by atoms with Crippen LogP contribution in [0.25, 0.3) is 10.9 Å². The minimum absolute atomic E-state index is 0.0577. The van der Waals surface area contributed by atoms with E-state index in [1.165, 1.54) is 25.7 Å². The molecule has 26 heavy (non-hydrogen) atoms. The minimum Gasteiger partial charge on any atom is -0.381 e. The van der Waals surface area contributed by atoms with Crippen molar-refractivity contribution in [2.75, 3.05) is 25.0 Å². The van der Waals surface area contributed by atoms with Crippen LogP contribution in [0, 0.1) is 5.92 Å². The molecule has 0 spiro atoms. The number of benzene rings is 1. The highest BCUT2D eigenvalue weighted by Gasteiger charge is 2.25. The van der Waals surface area contributed by atoms with E-state index in [4.69, 9.17) is 17.3 Å². The van der Waals surface area contributed by atoms with E-state index in [-0.39, 0.29) is 5.91 Å². The molecule has 2 aromatic rings. The fourth-order valence-electron chi connectivity index (χ4n) is 4.34. The average Bonchev–Trinajstić information content (AvgIpc) is 3.30. The number of rotatable bonds is 4. The van der Waals surface area contributed by atoms with Gasteiger partial charge in [-0.15, -0.1) is 0 Å². The van der Waals surface area contributed by atoms with Gasteiger partial charge < -0.3 is 20.9 Å². The molecule has 1 unspecified atom stereocenters. The van der Waals surface area contributed by atoms with E-state index < -0.39 is 0 Å². The van der Waals surface area contributed by atoms with Crippen LogP contribution in [0.1, 0.15) is 49.0 Å². The fourth-order valence-corrected chi connectivity index (χ4v) is 4.57. The smallest absolute Gasteiger partial charge is 0.270 e. The highest BCUT2D eigenvalue weighted by atomic mass is 35.5. The third-order valence-electron chi connectivity index (χ3n) is 5.78. The number of aromatic amines is 1. The predicted molar refractivity (Wildman–Crippen MR) is 107 cm³/mol. The van der Waals surface area contributed by atoms with Gasteiger partial charge in [-0.3, -0.25) is 4.79 Å². The zero-order chi connectivity index (χ0) is 18.1. The summed E-state index contributed by atoms with van der Waals surface area (Å²) in [5, 5.41) is 5.29. The minimum atomic E-state index is 0.0577. The fraction of sp³-hybridized carbons (Fsp3) is 0.550. The van der Waals surface area contributed by atoms with E-state index in [1.54, 1.807) is 0 Å². The van der Waals surface area contributed by atoms with Crippen LogP contribution in [-0.2, 0) is 0 Å². The van der Waals surface area contributed by atoms with Crippen LogP contribution in [0.5, 0.6) is 0 Å². The Hall–Kier alpha value is -1.72. The van der Waals surface area contributed by atoms with Gasteiger partial charge in [0.15, 0.2) is 0 Å². The lowest BCUT2D eigenvalue weighted by Gasteiger charge is -2.31. The molecular weight excluding hydrogens is 348 g/mol. The van der Waals surface area contributed by atoms with Crippen LogP contribution >= 0.6 is 11.6 Å². The molecular formula is C20H27ClN4O. The van der Waals surface area contributed by atoms with Crippen LogP contribution in [0.2, 0.25) is 5.02 Å². The number of nitrogens with one attached hydrogen (secondary N) is 2. The predicted octanol–water partition coefficient (Wildman–Crippen LogP) is 3.99. The lowest BCUT2D eigenvalue weighted by molar-refractivity contribution is 0.0673. The van der Waals surface area contributed by atoms with Crippen molar-refractivity contribution >= 4 is 34.1 Å². The molecule has 1 amide bonds. The zero-order valence-corrected chi connectivity index (χ0v) is 15.8. The number of hydrogen-bond acceptors (Lipinski definition) is 3. The van der Waals surface area contributed by atoms with Crippen LogP contribution < -0.4 is 11.1 Å². The second kappa shape index (κ2) is 7.49. The number of carbonyl (C=O) groups is 1. The molecule has 2 aliphatic rings. The first kappa shape index (κ1) is 17.7. The van der Waals surface area contributed by atoms with Gasteiger partial charge >= 0.3 is 0 Å². The summed E-state index contributed by atoms with van der Waals surface area (Å²) in [4.78, 5) is 18.3. The molecule has 4 rings (SSSR count). The molecule has 0 bridgehead atoms. The summed E-state index contributed by atoms with van der Waals surface area (Å²) in [6.07, 6.45) is 7.05. The summed E-state index contributed by atoms with van der Waals surface area (Å²) in [5.41, 5.74) is 8.41. The van der Waals surface area contributed by atoms with E-state index >= 15 is 0 Å². The first-order valence-electron chi connectivity index (χ1n) is 9.72. The number of likely N-dealkylation sites (tertiary alicyclic amines) is 1. The lowest BCUT2D eigenvalue weighted by atomic mass is 9.98. The quantitative estimate of drug-likeness (QED) is 0.757. The molecule has 1 aromatic heterocycles. The van der Waals surface area contributed by atoms with E-state index in [1.807, 2.05) is 23.1 Å². The molecule has 1 atom stereocenters. The molecule has 6 heteroatoms. The van der Waals surface area contributed by atoms with Gasteiger partial charge in [-0.2, -0.15) is 0 Å². The molecule has 140 valence electrons. The maximum Gasteiger partial charge on any atom is 0.270 e. The molecule has 2 heterocycles. The average molecular weight is 375 g/mol. The van der Waals surface area contributed by atoms with Crippen molar-refractivity contribution in [2.45, 2.75) is 44.6 Å². The van der Waals surface area contributed by atoms with Gasteiger partial charge in [0, 0.05) is 29.5 Å². The Morgan fingerprint density at radius 2 is 2.04 bits per heavy atom.